The average Bonchev–Trinajstić information content (AvgIpc) is 3.07. The fraction of sp³-hybridized carbons (Fsp3) is 0.0435. The van der Waals surface area contributed by atoms with Gasteiger partial charge in [0.25, 0.3) is 11.6 Å². The highest BCUT2D eigenvalue weighted by molar-refractivity contribution is 8.27. The summed E-state index contributed by atoms with van der Waals surface area (Å²) in [6.45, 7) is 0.415. The van der Waals surface area contributed by atoms with Crippen LogP contribution in [0.2, 0.25) is 5.02 Å². The standard InChI is InChI=1S/C23H15ClN2O4S2/c24-17-8-4-16(5-9-17)14-30-20-10-6-15(7-11-20)12-21-22(27)25(23(31)32-21)18-2-1-3-19(13-18)26(28)29/h1-13H,14H2/b21-12-. The van der Waals surface area contributed by atoms with Gasteiger partial charge in [0.1, 0.15) is 12.4 Å². The van der Waals surface area contributed by atoms with E-state index in [9.17, 15) is 14.9 Å². The normalized spacial score (nSPS) is 14.8. The molecule has 0 unspecified atom stereocenters. The van der Waals surface area contributed by atoms with Crippen LogP contribution in [0.5, 0.6) is 5.75 Å². The minimum absolute atomic E-state index is 0.102. The Hall–Kier alpha value is -3.20. The highest BCUT2D eigenvalue weighted by atomic mass is 35.5. The molecular formula is C23H15ClN2O4S2. The third-order valence-corrected chi connectivity index (χ3v) is 6.14. The molecule has 6 nitrogen and oxygen atoms in total. The number of nitrogens with zero attached hydrogens (tertiary/aromatic N) is 2. The lowest BCUT2D eigenvalue weighted by Crippen LogP contribution is -2.27. The highest BCUT2D eigenvalue weighted by Crippen LogP contribution is 2.37. The van der Waals surface area contributed by atoms with Gasteiger partial charge in [0.2, 0.25) is 0 Å². The largest absolute Gasteiger partial charge is 0.489 e. The summed E-state index contributed by atoms with van der Waals surface area (Å²) in [6, 6.07) is 20.6. The Morgan fingerprint density at radius 1 is 1.09 bits per heavy atom. The number of halogens is 1. The van der Waals surface area contributed by atoms with Crippen LogP contribution in [-0.2, 0) is 11.4 Å². The molecule has 160 valence electrons. The molecule has 9 heteroatoms. The minimum atomic E-state index is -0.506. The Labute approximate surface area is 198 Å². The van der Waals surface area contributed by atoms with Gasteiger partial charge in [0, 0.05) is 17.2 Å². The van der Waals surface area contributed by atoms with E-state index in [0.29, 0.717) is 32.3 Å². The second-order valence-electron chi connectivity index (χ2n) is 6.78. The molecule has 3 aromatic carbocycles. The Bertz CT molecular complexity index is 1230. The van der Waals surface area contributed by atoms with Gasteiger partial charge in [-0.05, 0) is 47.5 Å². The van der Waals surface area contributed by atoms with E-state index in [4.69, 9.17) is 28.6 Å². The maximum absolute atomic E-state index is 12.9. The van der Waals surface area contributed by atoms with Gasteiger partial charge in [-0.1, -0.05) is 65.9 Å². The number of rotatable bonds is 6. The summed E-state index contributed by atoms with van der Waals surface area (Å²) < 4.78 is 6.10. The second-order valence-corrected chi connectivity index (χ2v) is 8.89. The van der Waals surface area contributed by atoms with E-state index in [2.05, 4.69) is 0 Å². The number of nitro benzene ring substituents is 1. The van der Waals surface area contributed by atoms with E-state index in [-0.39, 0.29) is 11.6 Å². The average molecular weight is 483 g/mol. The monoisotopic (exact) mass is 482 g/mol. The molecule has 1 aliphatic rings. The summed E-state index contributed by atoms with van der Waals surface area (Å²) in [7, 11) is 0. The van der Waals surface area contributed by atoms with Crippen LogP contribution in [0.4, 0.5) is 11.4 Å². The molecular weight excluding hydrogens is 468 g/mol. The smallest absolute Gasteiger partial charge is 0.271 e. The molecule has 1 heterocycles. The van der Waals surface area contributed by atoms with Gasteiger partial charge < -0.3 is 4.74 Å². The van der Waals surface area contributed by atoms with Crippen molar-refractivity contribution >= 4 is 63.3 Å². The first-order valence-corrected chi connectivity index (χ1v) is 11.0. The molecule has 0 radical (unpaired) electrons. The number of ether oxygens (including phenoxy) is 1. The molecule has 0 aromatic heterocycles. The zero-order valence-corrected chi connectivity index (χ0v) is 18.8. The van der Waals surface area contributed by atoms with Gasteiger partial charge >= 0.3 is 0 Å². The fourth-order valence-electron chi connectivity index (χ4n) is 2.99. The minimum Gasteiger partial charge on any atom is -0.489 e. The molecule has 1 saturated heterocycles. The number of thiocarbonyl (C=S) groups is 1. The van der Waals surface area contributed by atoms with E-state index >= 15 is 0 Å². The van der Waals surface area contributed by atoms with Crippen LogP contribution in [0.3, 0.4) is 0 Å². The molecule has 0 atom stereocenters. The topological polar surface area (TPSA) is 72.7 Å². The summed E-state index contributed by atoms with van der Waals surface area (Å²) >= 11 is 12.4. The van der Waals surface area contributed by atoms with Crippen LogP contribution in [0.15, 0.2) is 77.7 Å². The number of hydrogen-bond donors (Lipinski definition) is 0. The Kier molecular flexibility index (Phi) is 6.55. The van der Waals surface area contributed by atoms with Gasteiger partial charge in [0.05, 0.1) is 15.5 Å². The van der Waals surface area contributed by atoms with Crippen LogP contribution in [0, 0.1) is 10.1 Å². The Morgan fingerprint density at radius 2 is 1.81 bits per heavy atom. The maximum atomic E-state index is 12.9. The number of amides is 1. The van der Waals surface area contributed by atoms with Crippen molar-refractivity contribution in [3.63, 3.8) is 0 Å². The molecule has 0 N–H and O–H groups in total. The van der Waals surface area contributed by atoms with Crippen LogP contribution in [0.25, 0.3) is 6.08 Å². The number of carbonyl (C=O) groups is 1. The molecule has 1 aliphatic heterocycles. The maximum Gasteiger partial charge on any atom is 0.271 e. The van der Waals surface area contributed by atoms with Gasteiger partial charge in [-0.25, -0.2) is 0 Å². The molecule has 0 aliphatic carbocycles. The fourth-order valence-corrected chi connectivity index (χ4v) is 4.42. The van der Waals surface area contributed by atoms with Gasteiger partial charge in [-0.3, -0.25) is 19.8 Å². The van der Waals surface area contributed by atoms with Crippen LogP contribution in [0.1, 0.15) is 11.1 Å². The summed E-state index contributed by atoms with van der Waals surface area (Å²) in [5.41, 5.74) is 2.08. The van der Waals surface area contributed by atoms with Crippen molar-refractivity contribution in [3.05, 3.63) is 104 Å². The number of carbonyl (C=O) groups excluding carboxylic acids is 1. The van der Waals surface area contributed by atoms with Crippen molar-refractivity contribution in [2.45, 2.75) is 6.61 Å². The number of benzene rings is 3. The SMILES string of the molecule is O=C1/C(=C/c2ccc(OCc3ccc(Cl)cc3)cc2)SC(=S)N1c1cccc([N+](=O)[O-])c1. The van der Waals surface area contributed by atoms with E-state index in [0.717, 1.165) is 22.9 Å². The van der Waals surface area contributed by atoms with E-state index in [1.165, 1.54) is 23.1 Å². The second kappa shape index (κ2) is 9.52. The summed E-state index contributed by atoms with van der Waals surface area (Å²) in [6.07, 6.45) is 1.74. The van der Waals surface area contributed by atoms with Crippen molar-refractivity contribution in [2.24, 2.45) is 0 Å². The molecule has 0 saturated carbocycles. The third-order valence-electron chi connectivity index (χ3n) is 4.59. The molecule has 3 aromatic rings. The Morgan fingerprint density at radius 3 is 2.50 bits per heavy atom. The first-order valence-electron chi connectivity index (χ1n) is 9.40. The van der Waals surface area contributed by atoms with Crippen molar-refractivity contribution in [3.8, 4) is 5.75 Å². The van der Waals surface area contributed by atoms with Gasteiger partial charge in [-0.2, -0.15) is 0 Å². The lowest BCUT2D eigenvalue weighted by molar-refractivity contribution is -0.384. The van der Waals surface area contributed by atoms with E-state index in [1.807, 2.05) is 48.5 Å². The molecule has 32 heavy (non-hydrogen) atoms. The van der Waals surface area contributed by atoms with Gasteiger partial charge in [0.15, 0.2) is 4.32 Å². The molecule has 1 fully saturated rings. The molecule has 4 rings (SSSR count). The zero-order chi connectivity index (χ0) is 22.7. The van der Waals surface area contributed by atoms with Gasteiger partial charge in [-0.15, -0.1) is 0 Å². The van der Waals surface area contributed by atoms with Crippen molar-refractivity contribution in [1.82, 2.24) is 0 Å². The highest BCUT2D eigenvalue weighted by Gasteiger charge is 2.33. The third kappa shape index (κ3) is 4.99. The lowest BCUT2D eigenvalue weighted by atomic mass is 10.2. The van der Waals surface area contributed by atoms with E-state index < -0.39 is 4.92 Å². The van der Waals surface area contributed by atoms with Crippen LogP contribution in [-0.4, -0.2) is 15.2 Å². The van der Waals surface area contributed by atoms with Crippen molar-refractivity contribution in [2.75, 3.05) is 4.90 Å². The van der Waals surface area contributed by atoms with Crippen molar-refractivity contribution < 1.29 is 14.5 Å². The first kappa shape index (κ1) is 22.0. The van der Waals surface area contributed by atoms with E-state index in [1.54, 1.807) is 12.1 Å². The lowest BCUT2D eigenvalue weighted by Gasteiger charge is -2.13. The predicted molar refractivity (Wildman–Crippen MR) is 131 cm³/mol. The summed E-state index contributed by atoms with van der Waals surface area (Å²) in [4.78, 5) is 25.2. The van der Waals surface area contributed by atoms with Crippen LogP contribution >= 0.6 is 35.6 Å². The number of hydrogen-bond acceptors (Lipinski definition) is 6. The summed E-state index contributed by atoms with van der Waals surface area (Å²) in [5.74, 6) is 0.379. The quantitative estimate of drug-likeness (QED) is 0.179. The number of anilines is 1. The zero-order valence-electron chi connectivity index (χ0n) is 16.4. The molecule has 0 bridgehead atoms. The van der Waals surface area contributed by atoms with Crippen LogP contribution < -0.4 is 9.64 Å². The Balaban J connectivity index is 1.46. The first-order chi connectivity index (χ1) is 15.4. The van der Waals surface area contributed by atoms with Crippen molar-refractivity contribution in [1.29, 1.82) is 0 Å². The number of nitro groups is 1. The number of non-ortho nitro benzene ring substituents is 1. The molecule has 0 spiro atoms. The molecule has 1 amide bonds. The summed E-state index contributed by atoms with van der Waals surface area (Å²) in [5, 5.41) is 11.7. The number of thioether (sulfide) groups is 1. The predicted octanol–water partition coefficient (Wildman–Crippen LogP) is 6.23.